The molecule has 0 aliphatic carbocycles. The number of hydrogen-bond donors (Lipinski definition) is 2. The Morgan fingerprint density at radius 3 is 2.94 bits per heavy atom. The quantitative estimate of drug-likeness (QED) is 0.772. The number of aliphatic hydroxyl groups is 1. The lowest BCUT2D eigenvalue weighted by Gasteiger charge is -2.09. The lowest BCUT2D eigenvalue weighted by Crippen LogP contribution is -2.09. The van der Waals surface area contributed by atoms with Gasteiger partial charge in [0.2, 0.25) is 0 Å². The van der Waals surface area contributed by atoms with Crippen LogP contribution in [0.2, 0.25) is 0 Å². The average Bonchev–Trinajstić information content (AvgIpc) is 2.38. The largest absolute Gasteiger partial charge is 0.392 e. The number of hydrogen-bond acceptors (Lipinski definition) is 4. The molecule has 0 fully saturated rings. The molecule has 1 heterocycles. The fourth-order valence-corrected chi connectivity index (χ4v) is 1.75. The number of rotatable bonds is 5. The van der Waals surface area contributed by atoms with Gasteiger partial charge >= 0.3 is 0 Å². The summed E-state index contributed by atoms with van der Waals surface area (Å²) in [5, 5.41) is 13.5. The Balaban J connectivity index is 2.32. The number of benzene rings is 1. The normalized spacial score (nSPS) is 10.7. The monoisotopic (exact) mass is 232 g/mol. The first kappa shape index (κ1) is 11.8. The van der Waals surface area contributed by atoms with Crippen LogP contribution in [0.5, 0.6) is 0 Å². The number of aromatic nitrogens is 1. The van der Waals surface area contributed by atoms with Gasteiger partial charge in [0.15, 0.2) is 0 Å². The lowest BCUT2D eigenvalue weighted by molar-refractivity contribution is 0.210. The van der Waals surface area contributed by atoms with Gasteiger partial charge in [0.25, 0.3) is 0 Å². The molecule has 4 nitrogen and oxygen atoms in total. The molecule has 0 saturated heterocycles. The summed E-state index contributed by atoms with van der Waals surface area (Å²) in [4.78, 5) is 4.48. The first-order chi connectivity index (χ1) is 8.35. The Morgan fingerprint density at radius 1 is 1.35 bits per heavy atom. The van der Waals surface area contributed by atoms with Gasteiger partial charge in [-0.3, -0.25) is 0 Å². The summed E-state index contributed by atoms with van der Waals surface area (Å²) in [5.74, 6) is 0.768. The van der Waals surface area contributed by atoms with Crippen molar-refractivity contribution < 1.29 is 9.84 Å². The van der Waals surface area contributed by atoms with E-state index in [1.165, 1.54) is 0 Å². The van der Waals surface area contributed by atoms with E-state index in [1.807, 2.05) is 30.3 Å². The molecule has 0 spiro atoms. The SMILES string of the molecule is COCCNc1cc(CO)c2ccccc2n1. The minimum Gasteiger partial charge on any atom is -0.392 e. The number of anilines is 1. The van der Waals surface area contributed by atoms with E-state index in [0.717, 1.165) is 22.3 Å². The molecular weight excluding hydrogens is 216 g/mol. The Morgan fingerprint density at radius 2 is 2.18 bits per heavy atom. The molecule has 0 unspecified atom stereocenters. The number of nitrogens with one attached hydrogen (secondary N) is 1. The van der Waals surface area contributed by atoms with Gasteiger partial charge in [-0.25, -0.2) is 4.98 Å². The van der Waals surface area contributed by atoms with Crippen molar-refractivity contribution in [2.24, 2.45) is 0 Å². The van der Waals surface area contributed by atoms with Crippen LogP contribution in [0.25, 0.3) is 10.9 Å². The Bertz CT molecular complexity index is 500. The number of fused-ring (bicyclic) bond motifs is 1. The van der Waals surface area contributed by atoms with Crippen LogP contribution in [0.15, 0.2) is 30.3 Å². The van der Waals surface area contributed by atoms with Gasteiger partial charge in [0.1, 0.15) is 5.82 Å². The molecule has 1 aromatic heterocycles. The number of ether oxygens (including phenoxy) is 1. The van der Waals surface area contributed by atoms with Crippen LogP contribution in [-0.4, -0.2) is 30.4 Å². The van der Waals surface area contributed by atoms with Crippen LogP contribution < -0.4 is 5.32 Å². The number of pyridine rings is 1. The Labute approximate surface area is 100 Å². The molecule has 90 valence electrons. The minimum atomic E-state index is 0.0159. The number of para-hydroxylation sites is 1. The van der Waals surface area contributed by atoms with Crippen molar-refractivity contribution in [2.75, 3.05) is 25.6 Å². The fourth-order valence-electron chi connectivity index (χ4n) is 1.75. The molecule has 1 aromatic carbocycles. The summed E-state index contributed by atoms with van der Waals surface area (Å²) in [6.45, 7) is 1.34. The number of aliphatic hydroxyl groups excluding tert-OH is 1. The van der Waals surface area contributed by atoms with E-state index >= 15 is 0 Å². The lowest BCUT2D eigenvalue weighted by atomic mass is 10.1. The summed E-state index contributed by atoms with van der Waals surface area (Å²) in [7, 11) is 1.66. The average molecular weight is 232 g/mol. The van der Waals surface area contributed by atoms with Crippen LogP contribution >= 0.6 is 0 Å². The second-order valence-electron chi connectivity index (χ2n) is 3.76. The summed E-state index contributed by atoms with van der Waals surface area (Å²) in [6, 6.07) is 9.66. The van der Waals surface area contributed by atoms with Crippen LogP contribution in [-0.2, 0) is 11.3 Å². The predicted molar refractivity (Wildman–Crippen MR) is 68.0 cm³/mol. The Kier molecular flexibility index (Phi) is 3.90. The highest BCUT2D eigenvalue weighted by molar-refractivity contribution is 5.83. The maximum atomic E-state index is 9.35. The summed E-state index contributed by atoms with van der Waals surface area (Å²) in [6.07, 6.45) is 0. The maximum Gasteiger partial charge on any atom is 0.127 e. The van der Waals surface area contributed by atoms with E-state index in [4.69, 9.17) is 4.74 Å². The van der Waals surface area contributed by atoms with Gasteiger partial charge in [-0.1, -0.05) is 18.2 Å². The standard InChI is InChI=1S/C13H16N2O2/c1-17-7-6-14-13-8-10(9-16)11-4-2-3-5-12(11)15-13/h2-5,8,16H,6-7,9H2,1H3,(H,14,15). The fraction of sp³-hybridized carbons (Fsp3) is 0.308. The molecule has 0 aliphatic rings. The Hall–Kier alpha value is -1.65. The molecule has 2 aromatic rings. The van der Waals surface area contributed by atoms with Gasteiger partial charge in [0, 0.05) is 19.0 Å². The zero-order valence-electron chi connectivity index (χ0n) is 9.81. The molecule has 0 atom stereocenters. The third-order valence-electron chi connectivity index (χ3n) is 2.58. The molecule has 0 aliphatic heterocycles. The maximum absolute atomic E-state index is 9.35. The van der Waals surface area contributed by atoms with Crippen molar-refractivity contribution in [3.8, 4) is 0 Å². The highest BCUT2D eigenvalue weighted by Gasteiger charge is 2.04. The van der Waals surface area contributed by atoms with Crippen LogP contribution in [0.4, 0.5) is 5.82 Å². The summed E-state index contributed by atoms with van der Waals surface area (Å²) >= 11 is 0. The van der Waals surface area contributed by atoms with E-state index in [9.17, 15) is 5.11 Å². The first-order valence-electron chi connectivity index (χ1n) is 5.57. The molecule has 0 amide bonds. The highest BCUT2D eigenvalue weighted by atomic mass is 16.5. The predicted octanol–water partition coefficient (Wildman–Crippen LogP) is 1.79. The van der Waals surface area contributed by atoms with Crippen molar-refractivity contribution in [2.45, 2.75) is 6.61 Å². The third-order valence-corrected chi connectivity index (χ3v) is 2.58. The van der Waals surface area contributed by atoms with E-state index in [-0.39, 0.29) is 6.61 Å². The van der Waals surface area contributed by atoms with Gasteiger partial charge < -0.3 is 15.2 Å². The van der Waals surface area contributed by atoms with Crippen molar-refractivity contribution >= 4 is 16.7 Å². The van der Waals surface area contributed by atoms with Gasteiger partial charge in [-0.15, -0.1) is 0 Å². The zero-order valence-corrected chi connectivity index (χ0v) is 9.81. The van der Waals surface area contributed by atoms with Crippen molar-refractivity contribution in [3.05, 3.63) is 35.9 Å². The first-order valence-corrected chi connectivity index (χ1v) is 5.57. The molecule has 17 heavy (non-hydrogen) atoms. The smallest absolute Gasteiger partial charge is 0.127 e. The molecule has 2 N–H and O–H groups in total. The topological polar surface area (TPSA) is 54.4 Å². The van der Waals surface area contributed by atoms with Crippen LogP contribution in [0, 0.1) is 0 Å². The van der Waals surface area contributed by atoms with Crippen LogP contribution in [0.1, 0.15) is 5.56 Å². The molecule has 2 rings (SSSR count). The van der Waals surface area contributed by atoms with Gasteiger partial charge in [-0.2, -0.15) is 0 Å². The van der Waals surface area contributed by atoms with E-state index in [1.54, 1.807) is 7.11 Å². The minimum absolute atomic E-state index is 0.0159. The van der Waals surface area contributed by atoms with E-state index < -0.39 is 0 Å². The molecule has 0 bridgehead atoms. The molecule has 0 radical (unpaired) electrons. The highest BCUT2D eigenvalue weighted by Crippen LogP contribution is 2.20. The number of methoxy groups -OCH3 is 1. The van der Waals surface area contributed by atoms with Crippen molar-refractivity contribution in [1.82, 2.24) is 4.98 Å². The molecular formula is C13H16N2O2. The zero-order chi connectivity index (χ0) is 12.1. The third kappa shape index (κ3) is 2.72. The van der Waals surface area contributed by atoms with Gasteiger partial charge in [-0.05, 0) is 17.7 Å². The second-order valence-corrected chi connectivity index (χ2v) is 3.76. The number of nitrogens with zero attached hydrogens (tertiary/aromatic N) is 1. The summed E-state index contributed by atoms with van der Waals surface area (Å²) in [5.41, 5.74) is 1.77. The van der Waals surface area contributed by atoms with Gasteiger partial charge in [0.05, 0.1) is 18.7 Å². The van der Waals surface area contributed by atoms with Crippen molar-refractivity contribution in [3.63, 3.8) is 0 Å². The molecule has 4 heteroatoms. The van der Waals surface area contributed by atoms with E-state index in [2.05, 4.69) is 10.3 Å². The summed E-state index contributed by atoms with van der Waals surface area (Å²) < 4.78 is 4.97. The molecule has 0 saturated carbocycles. The van der Waals surface area contributed by atoms with Crippen molar-refractivity contribution in [1.29, 1.82) is 0 Å². The van der Waals surface area contributed by atoms with E-state index in [0.29, 0.717) is 13.2 Å². The van der Waals surface area contributed by atoms with Crippen LogP contribution in [0.3, 0.4) is 0 Å². The second kappa shape index (κ2) is 5.61.